The van der Waals surface area contributed by atoms with Gasteiger partial charge in [-0.25, -0.2) is 0 Å². The number of carboxylic acid groups (broad SMARTS) is 1. The van der Waals surface area contributed by atoms with Gasteiger partial charge in [-0.2, -0.15) is 0 Å². The van der Waals surface area contributed by atoms with Gasteiger partial charge in [-0.15, -0.1) is 0 Å². The average molecular weight is 221 g/mol. The lowest BCUT2D eigenvalue weighted by Gasteiger charge is -1.96. The molecule has 1 heterocycles. The van der Waals surface area contributed by atoms with Gasteiger partial charge >= 0.3 is 0 Å². The van der Waals surface area contributed by atoms with Crippen molar-refractivity contribution in [3.63, 3.8) is 0 Å². The van der Waals surface area contributed by atoms with E-state index in [1.807, 2.05) is 18.3 Å². The van der Waals surface area contributed by atoms with Gasteiger partial charge in [0.2, 0.25) is 0 Å². The number of phenolic OH excluding ortho intramolecular Hbond substituents is 1. The van der Waals surface area contributed by atoms with Crippen molar-refractivity contribution in [3.05, 3.63) is 30.0 Å². The molecule has 2 rings (SSSR count). The topological polar surface area (TPSA) is 73.3 Å². The van der Waals surface area contributed by atoms with Gasteiger partial charge in [-0.3, -0.25) is 4.79 Å². The summed E-state index contributed by atoms with van der Waals surface area (Å²) >= 11 is 0. The van der Waals surface area contributed by atoms with Crippen LogP contribution in [0, 0.1) is 0 Å². The zero-order chi connectivity index (χ0) is 12.0. The number of aromatic amines is 1. The number of benzene rings is 1. The van der Waals surface area contributed by atoms with Crippen molar-refractivity contribution >= 4 is 17.4 Å². The molecule has 0 atom stereocenters. The number of nitrogens with one attached hydrogen (secondary N) is 1. The Kier molecular flexibility index (Phi) is 4.39. The summed E-state index contributed by atoms with van der Waals surface area (Å²) in [6.07, 6.45) is 4.21. The van der Waals surface area contributed by atoms with Crippen LogP contribution in [-0.4, -0.2) is 21.7 Å². The second kappa shape index (κ2) is 5.80. The van der Waals surface area contributed by atoms with E-state index in [1.165, 1.54) is 5.56 Å². The molecule has 0 saturated carbocycles. The molecule has 1 aromatic carbocycles. The van der Waals surface area contributed by atoms with Crippen LogP contribution in [-0.2, 0) is 11.2 Å². The molecular weight excluding hydrogens is 206 g/mol. The second-order valence-corrected chi connectivity index (χ2v) is 3.40. The molecule has 0 aliphatic rings. The molecule has 0 radical (unpaired) electrons. The summed E-state index contributed by atoms with van der Waals surface area (Å²) in [5.74, 6) is 0.337. The summed E-state index contributed by atoms with van der Waals surface area (Å²) in [5, 5.41) is 17.4. The number of fused-ring (bicyclic) bond motifs is 1. The van der Waals surface area contributed by atoms with E-state index >= 15 is 0 Å². The Morgan fingerprint density at radius 3 is 2.75 bits per heavy atom. The van der Waals surface area contributed by atoms with E-state index < -0.39 is 0 Å². The maximum absolute atomic E-state index is 9.33. The maximum Gasteiger partial charge on any atom is 0.290 e. The Labute approximate surface area is 93.5 Å². The van der Waals surface area contributed by atoms with Crippen molar-refractivity contribution in [2.24, 2.45) is 0 Å². The summed E-state index contributed by atoms with van der Waals surface area (Å²) in [6, 6.07) is 5.43. The van der Waals surface area contributed by atoms with Gasteiger partial charge in [0.05, 0.1) is 0 Å². The second-order valence-electron chi connectivity index (χ2n) is 3.40. The van der Waals surface area contributed by atoms with Crippen LogP contribution in [0.4, 0.5) is 0 Å². The summed E-state index contributed by atoms with van der Waals surface area (Å²) in [5.41, 5.74) is 2.38. The van der Waals surface area contributed by atoms with E-state index in [1.54, 1.807) is 6.07 Å². The largest absolute Gasteiger partial charge is 0.508 e. The lowest BCUT2D eigenvalue weighted by Crippen LogP contribution is -1.78. The highest BCUT2D eigenvalue weighted by Crippen LogP contribution is 2.23. The van der Waals surface area contributed by atoms with Gasteiger partial charge in [0.15, 0.2) is 0 Å². The molecule has 0 bridgehead atoms. The van der Waals surface area contributed by atoms with Crippen LogP contribution in [0.1, 0.15) is 18.9 Å². The zero-order valence-electron chi connectivity index (χ0n) is 9.10. The summed E-state index contributed by atoms with van der Waals surface area (Å²) in [4.78, 5) is 11.6. The third-order valence-electron chi connectivity index (χ3n) is 2.27. The summed E-state index contributed by atoms with van der Waals surface area (Å²) in [6.45, 7) is 1.90. The number of aryl methyl sites for hydroxylation is 1. The maximum atomic E-state index is 9.33. The van der Waals surface area contributed by atoms with Crippen molar-refractivity contribution < 1.29 is 15.0 Å². The molecule has 4 nitrogen and oxygen atoms in total. The van der Waals surface area contributed by atoms with E-state index in [4.69, 9.17) is 9.90 Å². The van der Waals surface area contributed by atoms with Crippen LogP contribution >= 0.6 is 0 Å². The van der Waals surface area contributed by atoms with Crippen LogP contribution in [0.2, 0.25) is 0 Å². The molecule has 1 aromatic heterocycles. The number of hydrogen-bond acceptors (Lipinski definition) is 2. The Balaban J connectivity index is 0.000000386. The molecule has 0 aliphatic carbocycles. The quantitative estimate of drug-likeness (QED) is 0.682. The smallest absolute Gasteiger partial charge is 0.290 e. The standard InChI is InChI=1S/C11H13NO.CH2O2/c1-2-3-8-7-12-11-5-4-9(13)6-10(8)11;2-1-3/h4-7,12-13H,2-3H2,1H3;1H,(H,2,3). The van der Waals surface area contributed by atoms with Crippen molar-refractivity contribution in [2.45, 2.75) is 19.8 Å². The molecule has 3 N–H and O–H groups in total. The Morgan fingerprint density at radius 1 is 1.44 bits per heavy atom. The zero-order valence-corrected chi connectivity index (χ0v) is 9.10. The molecular formula is C12H15NO3. The van der Waals surface area contributed by atoms with E-state index in [2.05, 4.69) is 11.9 Å². The fourth-order valence-corrected chi connectivity index (χ4v) is 1.64. The fourth-order valence-electron chi connectivity index (χ4n) is 1.64. The third-order valence-corrected chi connectivity index (χ3v) is 2.27. The van der Waals surface area contributed by atoms with Crippen molar-refractivity contribution in [1.82, 2.24) is 4.98 Å². The van der Waals surface area contributed by atoms with Crippen LogP contribution in [0.3, 0.4) is 0 Å². The van der Waals surface area contributed by atoms with Crippen LogP contribution in [0.25, 0.3) is 10.9 Å². The van der Waals surface area contributed by atoms with Crippen LogP contribution in [0.15, 0.2) is 24.4 Å². The first-order valence-electron chi connectivity index (χ1n) is 5.09. The van der Waals surface area contributed by atoms with E-state index in [0.29, 0.717) is 5.75 Å². The van der Waals surface area contributed by atoms with Gasteiger partial charge in [-0.1, -0.05) is 13.3 Å². The van der Waals surface area contributed by atoms with E-state index in [-0.39, 0.29) is 6.47 Å². The highest BCUT2D eigenvalue weighted by Gasteiger charge is 2.02. The van der Waals surface area contributed by atoms with Crippen molar-refractivity contribution in [1.29, 1.82) is 0 Å². The van der Waals surface area contributed by atoms with Crippen LogP contribution < -0.4 is 0 Å². The highest BCUT2D eigenvalue weighted by atomic mass is 16.3. The molecule has 0 unspecified atom stereocenters. The normalized spacial score (nSPS) is 9.56. The molecule has 86 valence electrons. The number of hydrogen-bond donors (Lipinski definition) is 3. The first kappa shape index (κ1) is 12.1. The van der Waals surface area contributed by atoms with Crippen molar-refractivity contribution in [2.75, 3.05) is 0 Å². The molecule has 2 aromatic rings. The average Bonchev–Trinajstić information content (AvgIpc) is 2.63. The third kappa shape index (κ3) is 2.76. The minimum absolute atomic E-state index is 0.250. The van der Waals surface area contributed by atoms with Gasteiger partial charge in [0.25, 0.3) is 6.47 Å². The lowest BCUT2D eigenvalue weighted by molar-refractivity contribution is -0.122. The molecule has 0 fully saturated rings. The highest BCUT2D eigenvalue weighted by molar-refractivity contribution is 5.84. The molecule has 4 heteroatoms. The minimum Gasteiger partial charge on any atom is -0.508 e. The van der Waals surface area contributed by atoms with Crippen molar-refractivity contribution in [3.8, 4) is 5.75 Å². The number of aromatic hydroxyl groups is 1. The van der Waals surface area contributed by atoms with E-state index in [9.17, 15) is 5.11 Å². The van der Waals surface area contributed by atoms with Gasteiger partial charge in [0, 0.05) is 17.1 Å². The van der Waals surface area contributed by atoms with Gasteiger partial charge in [0.1, 0.15) is 5.75 Å². The number of rotatable bonds is 2. The molecule has 16 heavy (non-hydrogen) atoms. The predicted octanol–water partition coefficient (Wildman–Crippen LogP) is 2.53. The molecule has 0 amide bonds. The van der Waals surface area contributed by atoms with E-state index in [0.717, 1.165) is 23.7 Å². The Bertz CT molecular complexity index is 462. The fraction of sp³-hybridized carbons (Fsp3) is 0.250. The lowest BCUT2D eigenvalue weighted by atomic mass is 10.1. The first-order chi connectivity index (χ1) is 7.72. The Morgan fingerprint density at radius 2 is 2.12 bits per heavy atom. The number of aromatic nitrogens is 1. The first-order valence-corrected chi connectivity index (χ1v) is 5.09. The van der Waals surface area contributed by atoms with Gasteiger partial charge < -0.3 is 15.2 Å². The molecule has 0 saturated heterocycles. The number of carbonyl (C=O) groups is 1. The monoisotopic (exact) mass is 221 g/mol. The molecule has 0 aliphatic heterocycles. The molecule has 0 spiro atoms. The summed E-state index contributed by atoms with van der Waals surface area (Å²) < 4.78 is 0. The number of H-pyrrole nitrogens is 1. The van der Waals surface area contributed by atoms with Crippen LogP contribution in [0.5, 0.6) is 5.75 Å². The number of phenols is 1. The minimum atomic E-state index is -0.250. The SMILES string of the molecule is CCCc1c[nH]c2ccc(O)cc12.O=CO. The Hall–Kier alpha value is -1.97. The predicted molar refractivity (Wildman–Crippen MR) is 62.7 cm³/mol. The summed E-state index contributed by atoms with van der Waals surface area (Å²) in [7, 11) is 0. The van der Waals surface area contributed by atoms with Gasteiger partial charge in [-0.05, 0) is 30.2 Å².